The number of carbonyl (C=O) groups excluding carboxylic acids is 1. The number of nitrogens with two attached hydrogens (primary N) is 2. The molecule has 2 fully saturated rings. The number of rotatable bonds is 8. The van der Waals surface area contributed by atoms with Crippen LogP contribution in [0.4, 0.5) is 5.82 Å². The van der Waals surface area contributed by atoms with E-state index in [0.29, 0.717) is 18.1 Å². The van der Waals surface area contributed by atoms with E-state index < -0.39 is 12.1 Å². The van der Waals surface area contributed by atoms with Gasteiger partial charge in [0.1, 0.15) is 29.1 Å². The molecule has 2 aromatic rings. The maximum Gasteiger partial charge on any atom is 0.254 e. The van der Waals surface area contributed by atoms with Crippen LogP contribution in [0, 0.1) is 5.41 Å². The molecule has 8 heteroatoms. The number of nitrogens with zero attached hydrogens (tertiary/aromatic N) is 3. The number of likely N-dealkylation sites (tertiary alicyclic amines) is 1. The summed E-state index contributed by atoms with van der Waals surface area (Å²) in [7, 11) is 0. The van der Waals surface area contributed by atoms with Crippen LogP contribution in [-0.2, 0) is 0 Å². The van der Waals surface area contributed by atoms with Crippen LogP contribution < -0.4 is 16.2 Å². The van der Waals surface area contributed by atoms with Gasteiger partial charge in [-0.3, -0.25) is 9.69 Å². The lowest BCUT2D eigenvalue weighted by molar-refractivity contribution is 0.0191. The van der Waals surface area contributed by atoms with Crippen molar-refractivity contribution in [3.05, 3.63) is 42.5 Å². The molecule has 1 unspecified atom stereocenters. The molecule has 2 heterocycles. The smallest absolute Gasteiger partial charge is 0.254 e. The third-order valence-electron chi connectivity index (χ3n) is 6.53. The molecule has 2 aliphatic rings. The second-order valence-corrected chi connectivity index (χ2v) is 8.72. The Kier molecular flexibility index (Phi) is 5.77. The van der Waals surface area contributed by atoms with Gasteiger partial charge in [-0.05, 0) is 61.4 Å². The van der Waals surface area contributed by atoms with Crippen molar-refractivity contribution >= 4 is 11.7 Å². The fourth-order valence-electron chi connectivity index (χ4n) is 4.89. The summed E-state index contributed by atoms with van der Waals surface area (Å²) in [5.74, 6) is 0.502. The van der Waals surface area contributed by atoms with Gasteiger partial charge >= 0.3 is 0 Å². The van der Waals surface area contributed by atoms with E-state index in [0.717, 1.165) is 50.1 Å². The average molecular weight is 426 g/mol. The highest BCUT2D eigenvalue weighted by Gasteiger charge is 2.50. The number of nitrogen functional groups attached to an aromatic ring is 1. The van der Waals surface area contributed by atoms with Gasteiger partial charge in [0.25, 0.3) is 5.91 Å². The summed E-state index contributed by atoms with van der Waals surface area (Å²) in [4.78, 5) is 14.2. The zero-order chi connectivity index (χ0) is 22.2. The third-order valence-corrected chi connectivity index (χ3v) is 6.53. The lowest BCUT2D eigenvalue weighted by Gasteiger charge is -2.45. The van der Waals surface area contributed by atoms with Crippen molar-refractivity contribution in [1.29, 1.82) is 0 Å². The van der Waals surface area contributed by atoms with Crippen LogP contribution >= 0.6 is 0 Å². The molecule has 5 N–H and O–H groups in total. The molecule has 1 aromatic heterocycles. The Hall–Kier alpha value is -2.84. The SMILES string of the molecule is C=CC(O)N1CC[C@]2(C1)C[C@@H](n1nc(-c3ccc(OCCC)cc3)c(C(N)=O)c1N)C2. The summed E-state index contributed by atoms with van der Waals surface area (Å²) in [6.07, 6.45) is 4.71. The predicted octanol–water partition coefficient (Wildman–Crippen LogP) is 2.55. The number of primary amides is 1. The molecule has 1 saturated carbocycles. The normalized spacial score (nSPS) is 24.1. The van der Waals surface area contributed by atoms with Crippen molar-refractivity contribution in [2.75, 3.05) is 25.4 Å². The van der Waals surface area contributed by atoms with Crippen LogP contribution in [0.1, 0.15) is 49.0 Å². The molecular formula is C23H31N5O3. The fourth-order valence-corrected chi connectivity index (χ4v) is 4.89. The van der Waals surface area contributed by atoms with Crippen LogP contribution in [0.15, 0.2) is 36.9 Å². The molecule has 1 aliphatic carbocycles. The van der Waals surface area contributed by atoms with Crippen LogP contribution in [0.2, 0.25) is 0 Å². The van der Waals surface area contributed by atoms with Crippen molar-refractivity contribution in [2.24, 2.45) is 11.1 Å². The Labute approximate surface area is 182 Å². The zero-order valence-electron chi connectivity index (χ0n) is 18.0. The summed E-state index contributed by atoms with van der Waals surface area (Å²) in [5, 5.41) is 14.8. The minimum absolute atomic E-state index is 0.111. The van der Waals surface area contributed by atoms with E-state index in [1.165, 1.54) is 0 Å². The fraction of sp³-hybridized carbons (Fsp3) is 0.478. The number of hydrogen-bond acceptors (Lipinski definition) is 6. The second kappa shape index (κ2) is 8.36. The van der Waals surface area contributed by atoms with E-state index in [-0.39, 0.29) is 17.0 Å². The lowest BCUT2D eigenvalue weighted by atomic mass is 9.65. The van der Waals surface area contributed by atoms with Gasteiger partial charge in [0.2, 0.25) is 0 Å². The van der Waals surface area contributed by atoms with Gasteiger partial charge in [0.05, 0.1) is 12.6 Å². The van der Waals surface area contributed by atoms with Gasteiger partial charge in [-0.15, -0.1) is 0 Å². The first-order chi connectivity index (χ1) is 14.9. The number of anilines is 1. The second-order valence-electron chi connectivity index (χ2n) is 8.72. The number of ether oxygens (including phenoxy) is 1. The molecule has 0 bridgehead atoms. The van der Waals surface area contributed by atoms with E-state index in [9.17, 15) is 9.90 Å². The first-order valence-corrected chi connectivity index (χ1v) is 10.8. The molecule has 0 radical (unpaired) electrons. The largest absolute Gasteiger partial charge is 0.494 e. The van der Waals surface area contributed by atoms with Gasteiger partial charge in [-0.1, -0.05) is 13.5 Å². The van der Waals surface area contributed by atoms with Gasteiger partial charge < -0.3 is 21.3 Å². The molecule has 4 rings (SSSR count). The summed E-state index contributed by atoms with van der Waals surface area (Å²) >= 11 is 0. The molecule has 1 amide bonds. The Balaban J connectivity index is 1.54. The molecule has 1 atom stereocenters. The lowest BCUT2D eigenvalue weighted by Crippen LogP contribution is -2.43. The maximum atomic E-state index is 12.2. The molecule has 166 valence electrons. The van der Waals surface area contributed by atoms with Gasteiger partial charge in [-0.2, -0.15) is 5.10 Å². The average Bonchev–Trinajstić information content (AvgIpc) is 3.33. The third kappa shape index (κ3) is 3.93. The van der Waals surface area contributed by atoms with Crippen molar-refractivity contribution < 1.29 is 14.6 Å². The Morgan fingerprint density at radius 2 is 2.13 bits per heavy atom. The minimum Gasteiger partial charge on any atom is -0.494 e. The van der Waals surface area contributed by atoms with E-state index in [1.807, 2.05) is 29.2 Å². The summed E-state index contributed by atoms with van der Waals surface area (Å²) in [6, 6.07) is 7.58. The number of amides is 1. The number of aliphatic hydroxyl groups excluding tert-OH is 1. The summed E-state index contributed by atoms with van der Waals surface area (Å²) < 4.78 is 7.39. The highest BCUT2D eigenvalue weighted by Crippen LogP contribution is 2.55. The van der Waals surface area contributed by atoms with Crippen LogP contribution in [0.3, 0.4) is 0 Å². The van der Waals surface area contributed by atoms with E-state index >= 15 is 0 Å². The Morgan fingerprint density at radius 3 is 2.74 bits per heavy atom. The van der Waals surface area contributed by atoms with Gasteiger partial charge in [-0.25, -0.2) is 4.68 Å². The van der Waals surface area contributed by atoms with Gasteiger partial charge in [0.15, 0.2) is 0 Å². The molecule has 1 aliphatic heterocycles. The number of aromatic nitrogens is 2. The van der Waals surface area contributed by atoms with E-state index in [1.54, 1.807) is 10.8 Å². The summed E-state index contributed by atoms with van der Waals surface area (Å²) in [5.41, 5.74) is 13.7. The topological polar surface area (TPSA) is 120 Å². The molecule has 8 nitrogen and oxygen atoms in total. The van der Waals surface area contributed by atoms with Crippen molar-refractivity contribution in [3.8, 4) is 17.0 Å². The first-order valence-electron chi connectivity index (χ1n) is 10.8. The number of hydrogen-bond donors (Lipinski definition) is 3. The van der Waals surface area contributed by atoms with Crippen molar-refractivity contribution in [3.63, 3.8) is 0 Å². The van der Waals surface area contributed by atoms with E-state index in [4.69, 9.17) is 21.3 Å². The van der Waals surface area contributed by atoms with Crippen LogP contribution in [-0.4, -0.2) is 51.6 Å². The number of aliphatic hydroxyl groups is 1. The first kappa shape index (κ1) is 21.4. The van der Waals surface area contributed by atoms with Crippen LogP contribution in [0.25, 0.3) is 11.3 Å². The van der Waals surface area contributed by atoms with Crippen molar-refractivity contribution in [2.45, 2.75) is 44.9 Å². The molecule has 1 aromatic carbocycles. The number of benzene rings is 1. The maximum absolute atomic E-state index is 12.2. The molecule has 1 saturated heterocycles. The molecule has 1 spiro atoms. The highest BCUT2D eigenvalue weighted by molar-refractivity contribution is 6.03. The Bertz CT molecular complexity index is 962. The summed E-state index contributed by atoms with van der Waals surface area (Å²) in [6.45, 7) is 8.05. The van der Waals surface area contributed by atoms with E-state index in [2.05, 4.69) is 13.5 Å². The number of carbonyl (C=O) groups is 1. The molecule has 31 heavy (non-hydrogen) atoms. The molecular weight excluding hydrogens is 394 g/mol. The van der Waals surface area contributed by atoms with Gasteiger partial charge in [0, 0.05) is 18.7 Å². The predicted molar refractivity (Wildman–Crippen MR) is 119 cm³/mol. The van der Waals surface area contributed by atoms with Crippen LogP contribution in [0.5, 0.6) is 5.75 Å². The standard InChI is InChI=1S/C23H31N5O3/c1-3-11-31-17-7-5-15(6-8-17)20-19(22(25)30)21(24)28(26-20)16-12-23(13-16)9-10-27(14-23)18(29)4-2/h4-8,16,18,29H,2-3,9-14,24H2,1H3,(H2,25,30)/t16-,18?,23+. The highest BCUT2D eigenvalue weighted by atomic mass is 16.5. The monoisotopic (exact) mass is 425 g/mol. The van der Waals surface area contributed by atoms with Crippen molar-refractivity contribution in [1.82, 2.24) is 14.7 Å². The zero-order valence-corrected chi connectivity index (χ0v) is 18.0. The minimum atomic E-state index is -0.606. The Morgan fingerprint density at radius 1 is 1.42 bits per heavy atom. The quantitative estimate of drug-likeness (QED) is 0.559.